The standard InChI is InChI=1S/C10H14N2O2S/c1-14-9(13)6-11-10-12-7-4-2-3-5-8(7)15-10/h2-6H2,1H3,(H,11,12). The Balaban J connectivity index is 1.97. The Labute approximate surface area is 92.7 Å². The molecule has 0 unspecified atom stereocenters. The number of ether oxygens (including phenoxy) is 1. The van der Waals surface area contributed by atoms with Crippen LogP contribution in [0.5, 0.6) is 0 Å². The summed E-state index contributed by atoms with van der Waals surface area (Å²) in [5, 5.41) is 3.83. The quantitative estimate of drug-likeness (QED) is 0.795. The highest BCUT2D eigenvalue weighted by Gasteiger charge is 2.15. The summed E-state index contributed by atoms with van der Waals surface area (Å²) >= 11 is 1.66. The van der Waals surface area contributed by atoms with Crippen molar-refractivity contribution in [1.29, 1.82) is 0 Å². The first-order chi connectivity index (χ1) is 7.29. The molecule has 1 heterocycles. The van der Waals surface area contributed by atoms with Gasteiger partial charge in [0.25, 0.3) is 0 Å². The smallest absolute Gasteiger partial charge is 0.325 e. The van der Waals surface area contributed by atoms with Gasteiger partial charge in [0.2, 0.25) is 0 Å². The van der Waals surface area contributed by atoms with E-state index in [1.54, 1.807) is 11.3 Å². The van der Waals surface area contributed by atoms with Crippen molar-refractivity contribution in [2.45, 2.75) is 25.7 Å². The fourth-order valence-electron chi connectivity index (χ4n) is 1.65. The van der Waals surface area contributed by atoms with E-state index in [1.165, 1.54) is 30.5 Å². The average Bonchev–Trinajstić information content (AvgIpc) is 2.68. The van der Waals surface area contributed by atoms with E-state index in [0.29, 0.717) is 0 Å². The van der Waals surface area contributed by atoms with Crippen LogP contribution < -0.4 is 5.32 Å². The second-order valence-corrected chi connectivity index (χ2v) is 4.61. The third-order valence-electron chi connectivity index (χ3n) is 2.46. The molecule has 0 aliphatic heterocycles. The van der Waals surface area contributed by atoms with Crippen LogP contribution in [0.4, 0.5) is 5.13 Å². The van der Waals surface area contributed by atoms with Crippen molar-refractivity contribution in [2.24, 2.45) is 0 Å². The minimum Gasteiger partial charge on any atom is -0.468 e. The number of esters is 1. The number of nitrogens with zero attached hydrogens (tertiary/aromatic N) is 1. The Morgan fingerprint density at radius 1 is 1.53 bits per heavy atom. The number of fused-ring (bicyclic) bond motifs is 1. The Kier molecular flexibility index (Phi) is 3.20. The van der Waals surface area contributed by atoms with Gasteiger partial charge in [-0.25, -0.2) is 4.98 Å². The summed E-state index contributed by atoms with van der Waals surface area (Å²) in [6.45, 7) is 0.197. The number of hydrogen-bond acceptors (Lipinski definition) is 5. The van der Waals surface area contributed by atoms with E-state index in [0.717, 1.165) is 18.0 Å². The van der Waals surface area contributed by atoms with Crippen LogP contribution >= 0.6 is 11.3 Å². The highest BCUT2D eigenvalue weighted by Crippen LogP contribution is 2.29. The lowest BCUT2D eigenvalue weighted by Crippen LogP contribution is -2.14. The third kappa shape index (κ3) is 2.47. The molecule has 0 bridgehead atoms. The molecule has 4 nitrogen and oxygen atoms in total. The molecule has 1 aromatic heterocycles. The molecule has 0 atom stereocenters. The third-order valence-corrected chi connectivity index (χ3v) is 3.57. The number of anilines is 1. The molecule has 0 radical (unpaired) electrons. The highest BCUT2D eigenvalue weighted by molar-refractivity contribution is 7.15. The van der Waals surface area contributed by atoms with Gasteiger partial charge in [-0.2, -0.15) is 0 Å². The highest BCUT2D eigenvalue weighted by atomic mass is 32.1. The predicted octanol–water partition coefficient (Wildman–Crippen LogP) is 1.61. The molecule has 1 aliphatic carbocycles. The van der Waals surface area contributed by atoms with E-state index in [9.17, 15) is 4.79 Å². The molecule has 15 heavy (non-hydrogen) atoms. The molecule has 1 N–H and O–H groups in total. The first kappa shape index (κ1) is 10.4. The fraction of sp³-hybridized carbons (Fsp3) is 0.600. The zero-order valence-corrected chi connectivity index (χ0v) is 9.52. The number of aromatic nitrogens is 1. The average molecular weight is 226 g/mol. The van der Waals surface area contributed by atoms with Crippen LogP contribution in [0.1, 0.15) is 23.4 Å². The molecule has 2 rings (SSSR count). The minimum absolute atomic E-state index is 0.197. The molecule has 82 valence electrons. The van der Waals surface area contributed by atoms with Crippen LogP contribution in [0, 0.1) is 0 Å². The predicted molar refractivity (Wildman–Crippen MR) is 59.3 cm³/mol. The van der Waals surface area contributed by atoms with Crippen molar-refractivity contribution in [2.75, 3.05) is 19.0 Å². The van der Waals surface area contributed by atoms with Crippen LogP contribution in [0.2, 0.25) is 0 Å². The SMILES string of the molecule is COC(=O)CNc1nc2c(s1)CCCC2. The second-order valence-electron chi connectivity index (χ2n) is 3.53. The molecule has 0 amide bonds. The Morgan fingerprint density at radius 2 is 2.33 bits per heavy atom. The van der Waals surface area contributed by atoms with E-state index < -0.39 is 0 Å². The molecule has 0 aromatic carbocycles. The van der Waals surface area contributed by atoms with Gasteiger partial charge in [-0.3, -0.25) is 4.79 Å². The van der Waals surface area contributed by atoms with Gasteiger partial charge in [-0.15, -0.1) is 11.3 Å². The van der Waals surface area contributed by atoms with E-state index in [4.69, 9.17) is 0 Å². The summed E-state index contributed by atoms with van der Waals surface area (Å²) in [6.07, 6.45) is 4.69. The lowest BCUT2D eigenvalue weighted by atomic mass is 10.0. The van der Waals surface area contributed by atoms with E-state index in [-0.39, 0.29) is 12.5 Å². The summed E-state index contributed by atoms with van der Waals surface area (Å²) < 4.78 is 4.55. The molecular weight excluding hydrogens is 212 g/mol. The van der Waals surface area contributed by atoms with E-state index in [1.807, 2.05) is 0 Å². The van der Waals surface area contributed by atoms with Gasteiger partial charge in [-0.05, 0) is 25.7 Å². The van der Waals surface area contributed by atoms with E-state index in [2.05, 4.69) is 15.0 Å². The van der Waals surface area contributed by atoms with Crippen LogP contribution in [-0.2, 0) is 22.4 Å². The summed E-state index contributed by atoms with van der Waals surface area (Å²) in [5.41, 5.74) is 1.21. The zero-order chi connectivity index (χ0) is 10.7. The number of methoxy groups -OCH3 is 1. The maximum absolute atomic E-state index is 10.9. The van der Waals surface area contributed by atoms with Crippen LogP contribution in [-0.4, -0.2) is 24.6 Å². The zero-order valence-electron chi connectivity index (χ0n) is 8.71. The van der Waals surface area contributed by atoms with Crippen molar-refractivity contribution in [3.63, 3.8) is 0 Å². The fourth-order valence-corrected chi connectivity index (χ4v) is 2.69. The van der Waals surface area contributed by atoms with Gasteiger partial charge in [0.1, 0.15) is 6.54 Å². The van der Waals surface area contributed by atoms with Gasteiger partial charge in [-0.1, -0.05) is 0 Å². The Hall–Kier alpha value is -1.10. The number of carbonyl (C=O) groups is 1. The molecule has 5 heteroatoms. The number of rotatable bonds is 3. The molecule has 0 fully saturated rings. The summed E-state index contributed by atoms with van der Waals surface area (Å²) in [6, 6.07) is 0. The number of carbonyl (C=O) groups excluding carboxylic acids is 1. The van der Waals surface area contributed by atoms with Crippen molar-refractivity contribution in [1.82, 2.24) is 4.98 Å². The molecule has 1 aliphatic rings. The van der Waals surface area contributed by atoms with Crippen LogP contribution in [0.15, 0.2) is 0 Å². The lowest BCUT2D eigenvalue weighted by molar-refractivity contribution is -0.138. The first-order valence-corrected chi connectivity index (χ1v) is 5.90. The van der Waals surface area contributed by atoms with Crippen LogP contribution in [0.25, 0.3) is 0 Å². The summed E-state index contributed by atoms with van der Waals surface area (Å²) in [7, 11) is 1.39. The molecule has 0 saturated heterocycles. The Morgan fingerprint density at radius 3 is 3.07 bits per heavy atom. The Bertz CT molecular complexity index is 339. The summed E-state index contributed by atoms with van der Waals surface area (Å²) in [5.74, 6) is -0.261. The monoisotopic (exact) mass is 226 g/mol. The lowest BCUT2D eigenvalue weighted by Gasteiger charge is -2.06. The number of aryl methyl sites for hydroxylation is 2. The largest absolute Gasteiger partial charge is 0.468 e. The van der Waals surface area contributed by atoms with Gasteiger partial charge in [0.05, 0.1) is 12.8 Å². The first-order valence-electron chi connectivity index (χ1n) is 5.09. The normalized spacial score (nSPS) is 14.5. The maximum atomic E-state index is 10.9. The van der Waals surface area contributed by atoms with E-state index >= 15 is 0 Å². The molecular formula is C10H14N2O2S. The molecule has 0 saturated carbocycles. The van der Waals surface area contributed by atoms with Gasteiger partial charge in [0, 0.05) is 4.88 Å². The van der Waals surface area contributed by atoms with Gasteiger partial charge < -0.3 is 10.1 Å². The van der Waals surface area contributed by atoms with Crippen molar-refractivity contribution < 1.29 is 9.53 Å². The summed E-state index contributed by atoms with van der Waals surface area (Å²) in [4.78, 5) is 16.7. The number of hydrogen-bond donors (Lipinski definition) is 1. The maximum Gasteiger partial charge on any atom is 0.325 e. The topological polar surface area (TPSA) is 51.2 Å². The van der Waals surface area contributed by atoms with Crippen molar-refractivity contribution in [3.05, 3.63) is 10.6 Å². The molecule has 1 aromatic rings. The van der Waals surface area contributed by atoms with Crippen molar-refractivity contribution >= 4 is 22.4 Å². The number of thiazole rings is 1. The second kappa shape index (κ2) is 4.61. The van der Waals surface area contributed by atoms with Gasteiger partial charge in [0.15, 0.2) is 5.13 Å². The van der Waals surface area contributed by atoms with Gasteiger partial charge >= 0.3 is 5.97 Å². The number of nitrogens with one attached hydrogen (secondary N) is 1. The molecule has 0 spiro atoms. The van der Waals surface area contributed by atoms with Crippen LogP contribution in [0.3, 0.4) is 0 Å². The van der Waals surface area contributed by atoms with Crippen molar-refractivity contribution in [3.8, 4) is 0 Å². The minimum atomic E-state index is -0.261.